The van der Waals surface area contributed by atoms with Crippen molar-refractivity contribution >= 4 is 17.2 Å². The summed E-state index contributed by atoms with van der Waals surface area (Å²) in [6.07, 6.45) is 0. The number of hydrogen-bond acceptors (Lipinski definition) is 1. The Hall–Kier alpha value is -0.890. The molecule has 0 spiro atoms. The minimum atomic E-state index is 0.578. The maximum absolute atomic E-state index is 5.33. The van der Waals surface area contributed by atoms with Crippen LogP contribution >= 0.6 is 12.2 Å². The third-order valence-electron chi connectivity index (χ3n) is 3.08. The normalized spacial score (nSPS) is 26.1. The van der Waals surface area contributed by atoms with Crippen molar-refractivity contribution in [2.24, 2.45) is 5.92 Å². The molecular formula is C12H15NS. The number of hydrogen-bond donors (Lipinski definition) is 0. The second-order valence-electron chi connectivity index (χ2n) is 3.98. The highest BCUT2D eigenvalue weighted by molar-refractivity contribution is 7.80. The van der Waals surface area contributed by atoms with Crippen LogP contribution in [0.4, 0.5) is 0 Å². The molecule has 1 nitrogen and oxygen atoms in total. The second kappa shape index (κ2) is 3.70. The van der Waals surface area contributed by atoms with Crippen LogP contribution in [-0.4, -0.2) is 15.9 Å². The van der Waals surface area contributed by atoms with E-state index in [0.29, 0.717) is 12.0 Å². The molecule has 2 rings (SSSR count). The lowest BCUT2D eigenvalue weighted by molar-refractivity contribution is 0.205. The van der Waals surface area contributed by atoms with Crippen molar-refractivity contribution in [3.8, 4) is 0 Å². The first-order chi connectivity index (χ1) is 6.70. The first-order valence-electron chi connectivity index (χ1n) is 5.04. The molecule has 1 aromatic rings. The summed E-state index contributed by atoms with van der Waals surface area (Å²) in [6, 6.07) is 11.1. The molecule has 14 heavy (non-hydrogen) atoms. The van der Waals surface area contributed by atoms with Gasteiger partial charge >= 0.3 is 0 Å². The van der Waals surface area contributed by atoms with E-state index in [-0.39, 0.29) is 0 Å². The van der Waals surface area contributed by atoms with Crippen LogP contribution in [0.1, 0.15) is 19.4 Å². The van der Waals surface area contributed by atoms with E-state index < -0.39 is 0 Å². The molecule has 0 aliphatic carbocycles. The van der Waals surface area contributed by atoms with Gasteiger partial charge in [0.05, 0.1) is 4.99 Å². The van der Waals surface area contributed by atoms with Gasteiger partial charge in [-0.1, -0.05) is 49.5 Å². The van der Waals surface area contributed by atoms with Gasteiger partial charge in [-0.3, -0.25) is 0 Å². The summed E-state index contributed by atoms with van der Waals surface area (Å²) in [6.45, 7) is 5.41. The van der Waals surface area contributed by atoms with Crippen LogP contribution in [0.3, 0.4) is 0 Å². The number of nitrogens with zero attached hydrogens (tertiary/aromatic N) is 1. The summed E-state index contributed by atoms with van der Waals surface area (Å²) in [5.74, 6) is 0.578. The zero-order valence-electron chi connectivity index (χ0n) is 8.60. The summed E-state index contributed by atoms with van der Waals surface area (Å²) >= 11 is 5.33. The fraction of sp³-hybridized carbons (Fsp3) is 0.417. The van der Waals surface area contributed by atoms with E-state index in [1.165, 1.54) is 5.56 Å². The van der Waals surface area contributed by atoms with E-state index in [1.807, 2.05) is 6.07 Å². The highest BCUT2D eigenvalue weighted by Crippen LogP contribution is 2.28. The third-order valence-corrected chi connectivity index (χ3v) is 3.69. The van der Waals surface area contributed by atoms with Crippen LogP contribution in [0.2, 0.25) is 0 Å². The zero-order chi connectivity index (χ0) is 10.1. The summed E-state index contributed by atoms with van der Waals surface area (Å²) in [5.41, 5.74) is 1.34. The molecule has 2 heteroatoms. The molecule has 0 aromatic heterocycles. The van der Waals surface area contributed by atoms with Crippen molar-refractivity contribution in [2.45, 2.75) is 26.4 Å². The molecule has 2 atom stereocenters. The number of thiocarbonyl (C=S) groups is 1. The fourth-order valence-corrected chi connectivity index (χ4v) is 2.29. The van der Waals surface area contributed by atoms with Gasteiger partial charge in [-0.25, -0.2) is 0 Å². The van der Waals surface area contributed by atoms with Gasteiger partial charge in [-0.05, 0) is 12.5 Å². The fourth-order valence-electron chi connectivity index (χ4n) is 1.86. The molecule has 1 aromatic carbocycles. The van der Waals surface area contributed by atoms with Gasteiger partial charge < -0.3 is 4.90 Å². The highest BCUT2D eigenvalue weighted by Gasteiger charge is 2.36. The maximum Gasteiger partial charge on any atom is 0.0834 e. The summed E-state index contributed by atoms with van der Waals surface area (Å²) in [7, 11) is 0. The largest absolute Gasteiger partial charge is 0.358 e. The van der Waals surface area contributed by atoms with Crippen LogP contribution in [0.15, 0.2) is 30.3 Å². The molecule has 1 aliphatic rings. The van der Waals surface area contributed by atoms with E-state index in [9.17, 15) is 0 Å². The maximum atomic E-state index is 5.33. The van der Waals surface area contributed by atoms with Crippen molar-refractivity contribution in [2.75, 3.05) is 0 Å². The van der Waals surface area contributed by atoms with Gasteiger partial charge in [0.15, 0.2) is 0 Å². The lowest BCUT2D eigenvalue weighted by atomic mass is 9.91. The van der Waals surface area contributed by atoms with Crippen molar-refractivity contribution in [3.63, 3.8) is 0 Å². The van der Waals surface area contributed by atoms with Gasteiger partial charge in [0.2, 0.25) is 0 Å². The van der Waals surface area contributed by atoms with Gasteiger partial charge in [-0.2, -0.15) is 0 Å². The van der Waals surface area contributed by atoms with Crippen LogP contribution in [0.25, 0.3) is 0 Å². The second-order valence-corrected chi connectivity index (χ2v) is 4.40. The molecule has 1 aliphatic heterocycles. The molecule has 0 bridgehead atoms. The molecule has 1 saturated heterocycles. The molecule has 1 fully saturated rings. The van der Waals surface area contributed by atoms with E-state index in [4.69, 9.17) is 12.2 Å². The van der Waals surface area contributed by atoms with Crippen molar-refractivity contribution in [1.82, 2.24) is 4.90 Å². The Bertz CT molecular complexity index is 333. The topological polar surface area (TPSA) is 3.24 Å². The quantitative estimate of drug-likeness (QED) is 0.683. The Morgan fingerprint density at radius 2 is 1.86 bits per heavy atom. The van der Waals surface area contributed by atoms with Crippen LogP contribution < -0.4 is 0 Å². The van der Waals surface area contributed by atoms with E-state index in [2.05, 4.69) is 43.0 Å². The summed E-state index contributed by atoms with van der Waals surface area (Å²) in [5, 5.41) is 0. The SMILES string of the molecule is CC1C(=S)N(Cc2ccccc2)C1C. The Labute approximate surface area is 90.7 Å². The Morgan fingerprint density at radius 1 is 1.21 bits per heavy atom. The van der Waals surface area contributed by atoms with Crippen LogP contribution in [0.5, 0.6) is 0 Å². The van der Waals surface area contributed by atoms with E-state index in [0.717, 1.165) is 11.5 Å². The van der Waals surface area contributed by atoms with Gasteiger partial charge in [0.1, 0.15) is 0 Å². The minimum absolute atomic E-state index is 0.578. The van der Waals surface area contributed by atoms with Gasteiger partial charge in [0.25, 0.3) is 0 Å². The highest BCUT2D eigenvalue weighted by atomic mass is 32.1. The predicted octanol–water partition coefficient (Wildman–Crippen LogP) is 2.85. The molecular weight excluding hydrogens is 190 g/mol. The average Bonchev–Trinajstić information content (AvgIpc) is 2.26. The Morgan fingerprint density at radius 3 is 2.43 bits per heavy atom. The lowest BCUT2D eigenvalue weighted by Gasteiger charge is -2.47. The van der Waals surface area contributed by atoms with Crippen LogP contribution in [0, 0.1) is 5.92 Å². The summed E-state index contributed by atoms with van der Waals surface area (Å²) in [4.78, 5) is 3.41. The van der Waals surface area contributed by atoms with Crippen molar-refractivity contribution in [3.05, 3.63) is 35.9 Å². The Kier molecular flexibility index (Phi) is 2.55. The Balaban J connectivity index is 2.03. The zero-order valence-corrected chi connectivity index (χ0v) is 9.42. The van der Waals surface area contributed by atoms with Crippen molar-refractivity contribution < 1.29 is 0 Å². The van der Waals surface area contributed by atoms with Gasteiger partial charge in [-0.15, -0.1) is 0 Å². The number of likely N-dealkylation sites (tertiary alicyclic amines) is 1. The molecule has 0 N–H and O–H groups in total. The van der Waals surface area contributed by atoms with Crippen molar-refractivity contribution in [1.29, 1.82) is 0 Å². The first kappa shape index (κ1) is 9.66. The predicted molar refractivity (Wildman–Crippen MR) is 63.2 cm³/mol. The monoisotopic (exact) mass is 205 g/mol. The lowest BCUT2D eigenvalue weighted by Crippen LogP contribution is -2.56. The van der Waals surface area contributed by atoms with Crippen LogP contribution in [-0.2, 0) is 6.54 Å². The van der Waals surface area contributed by atoms with Gasteiger partial charge in [0, 0.05) is 18.5 Å². The minimum Gasteiger partial charge on any atom is -0.358 e. The van der Waals surface area contributed by atoms with E-state index >= 15 is 0 Å². The molecule has 1 heterocycles. The number of rotatable bonds is 2. The molecule has 0 amide bonds. The number of benzene rings is 1. The van der Waals surface area contributed by atoms with E-state index in [1.54, 1.807) is 0 Å². The third kappa shape index (κ3) is 1.55. The first-order valence-corrected chi connectivity index (χ1v) is 5.45. The smallest absolute Gasteiger partial charge is 0.0834 e. The molecule has 2 unspecified atom stereocenters. The standard InChI is InChI=1S/C12H15NS/c1-9-10(2)13(12(9)14)8-11-6-4-3-5-7-11/h3-7,9-10H,8H2,1-2H3. The molecule has 74 valence electrons. The molecule has 0 radical (unpaired) electrons. The summed E-state index contributed by atoms with van der Waals surface area (Å²) < 4.78 is 0. The molecule has 0 saturated carbocycles. The average molecular weight is 205 g/mol.